The summed E-state index contributed by atoms with van der Waals surface area (Å²) in [5.74, 6) is -0.0133. The van der Waals surface area contributed by atoms with Crippen LogP contribution in [0.1, 0.15) is 26.2 Å². The van der Waals surface area contributed by atoms with Crippen molar-refractivity contribution in [3.8, 4) is 0 Å². The average molecular weight is 283 g/mol. The minimum Gasteiger partial charge on any atom is -0.468 e. The number of methoxy groups -OCH3 is 1. The van der Waals surface area contributed by atoms with Crippen LogP contribution in [0.15, 0.2) is 0 Å². The molecule has 2 aliphatic heterocycles. The van der Waals surface area contributed by atoms with E-state index < -0.39 is 5.54 Å². The van der Waals surface area contributed by atoms with Gasteiger partial charge in [-0.15, -0.1) is 0 Å². The first-order valence-electron chi connectivity index (χ1n) is 7.39. The summed E-state index contributed by atoms with van der Waals surface area (Å²) in [6.07, 6.45) is 3.17. The van der Waals surface area contributed by atoms with Gasteiger partial charge in [0.1, 0.15) is 0 Å². The third-order valence-electron chi connectivity index (χ3n) is 4.33. The monoisotopic (exact) mass is 283 g/mol. The van der Waals surface area contributed by atoms with E-state index in [1.165, 1.54) is 7.11 Å². The van der Waals surface area contributed by atoms with E-state index in [9.17, 15) is 9.59 Å². The Balaban J connectivity index is 1.84. The Kier molecular flexibility index (Phi) is 4.99. The maximum Gasteiger partial charge on any atom is 0.319 e. The molecule has 0 aromatic heterocycles. The minimum atomic E-state index is -0.400. The first-order valence-corrected chi connectivity index (χ1v) is 7.39. The van der Waals surface area contributed by atoms with Crippen LogP contribution in [-0.4, -0.2) is 73.6 Å². The molecule has 0 spiro atoms. The van der Waals surface area contributed by atoms with Crippen LogP contribution in [0, 0.1) is 0 Å². The summed E-state index contributed by atoms with van der Waals surface area (Å²) in [6.45, 7) is 6.09. The number of rotatable bonds is 3. The maximum atomic E-state index is 12.6. The molecule has 0 aromatic carbocycles. The zero-order valence-electron chi connectivity index (χ0n) is 12.5. The Morgan fingerprint density at radius 1 is 1.20 bits per heavy atom. The highest BCUT2D eigenvalue weighted by Gasteiger charge is 2.38. The molecule has 6 nitrogen and oxygen atoms in total. The number of amides is 1. The van der Waals surface area contributed by atoms with Crippen molar-refractivity contribution in [3.63, 3.8) is 0 Å². The lowest BCUT2D eigenvalue weighted by Crippen LogP contribution is -2.61. The van der Waals surface area contributed by atoms with Gasteiger partial charge in [-0.3, -0.25) is 14.5 Å². The van der Waals surface area contributed by atoms with Crippen molar-refractivity contribution in [3.05, 3.63) is 0 Å². The quantitative estimate of drug-likeness (QED) is 0.729. The van der Waals surface area contributed by atoms with Gasteiger partial charge in [-0.05, 0) is 32.7 Å². The van der Waals surface area contributed by atoms with Crippen LogP contribution in [0.2, 0.25) is 0 Å². The molecule has 2 heterocycles. The molecular formula is C14H25N3O3. The molecule has 0 aromatic rings. The second kappa shape index (κ2) is 6.54. The molecule has 6 heteroatoms. The number of esters is 1. The fourth-order valence-corrected chi connectivity index (χ4v) is 2.94. The normalized spacial score (nSPS) is 28.2. The van der Waals surface area contributed by atoms with Gasteiger partial charge in [0.2, 0.25) is 5.91 Å². The summed E-state index contributed by atoms with van der Waals surface area (Å²) >= 11 is 0. The zero-order valence-corrected chi connectivity index (χ0v) is 12.5. The number of nitrogens with one attached hydrogen (secondary N) is 1. The van der Waals surface area contributed by atoms with Crippen LogP contribution in [0.4, 0.5) is 0 Å². The molecule has 1 unspecified atom stereocenters. The molecule has 0 radical (unpaired) electrons. The van der Waals surface area contributed by atoms with Gasteiger partial charge in [0.25, 0.3) is 0 Å². The van der Waals surface area contributed by atoms with E-state index in [1.807, 2.05) is 16.7 Å². The number of piperazine rings is 1. The minimum absolute atomic E-state index is 0.204. The molecule has 0 bridgehead atoms. The smallest absolute Gasteiger partial charge is 0.319 e. The van der Waals surface area contributed by atoms with Gasteiger partial charge in [-0.25, -0.2) is 0 Å². The summed E-state index contributed by atoms with van der Waals surface area (Å²) in [5.41, 5.74) is -0.400. The van der Waals surface area contributed by atoms with E-state index in [1.54, 1.807) is 0 Å². The Morgan fingerprint density at radius 3 is 2.45 bits per heavy atom. The molecule has 0 aliphatic carbocycles. The standard InChI is InChI=1S/C14H25N3O3/c1-14(5-3-4-6-15-14)13(19)17-9-7-16(8-10-17)11-12(18)20-2/h15H,3-11H2,1-2H3. The SMILES string of the molecule is COC(=O)CN1CCN(C(=O)C2(C)CCCCN2)CC1. The Labute approximate surface area is 120 Å². The van der Waals surface area contributed by atoms with Crippen LogP contribution >= 0.6 is 0 Å². The van der Waals surface area contributed by atoms with Gasteiger partial charge in [0.05, 0.1) is 19.2 Å². The van der Waals surface area contributed by atoms with Crippen molar-refractivity contribution in [2.24, 2.45) is 0 Å². The number of carbonyl (C=O) groups excluding carboxylic acids is 2. The Morgan fingerprint density at radius 2 is 1.90 bits per heavy atom. The third kappa shape index (κ3) is 3.49. The molecule has 2 rings (SSSR count). The first kappa shape index (κ1) is 15.3. The number of hydrogen-bond acceptors (Lipinski definition) is 5. The van der Waals surface area contributed by atoms with Crippen molar-refractivity contribution in [2.45, 2.75) is 31.7 Å². The summed E-state index contributed by atoms with van der Waals surface area (Å²) in [6, 6.07) is 0. The van der Waals surface area contributed by atoms with Gasteiger partial charge in [0, 0.05) is 26.2 Å². The highest BCUT2D eigenvalue weighted by molar-refractivity contribution is 5.86. The number of piperidine rings is 1. The molecule has 20 heavy (non-hydrogen) atoms. The van der Waals surface area contributed by atoms with E-state index in [0.29, 0.717) is 19.6 Å². The van der Waals surface area contributed by atoms with Gasteiger partial charge in [-0.2, -0.15) is 0 Å². The van der Waals surface area contributed by atoms with Crippen molar-refractivity contribution in [1.82, 2.24) is 15.1 Å². The lowest BCUT2D eigenvalue weighted by atomic mass is 9.89. The molecular weight excluding hydrogens is 258 g/mol. The van der Waals surface area contributed by atoms with Crippen LogP contribution < -0.4 is 5.32 Å². The molecule has 2 aliphatic rings. The number of nitrogens with zero attached hydrogens (tertiary/aromatic N) is 2. The lowest BCUT2D eigenvalue weighted by Gasteiger charge is -2.41. The largest absolute Gasteiger partial charge is 0.468 e. The summed E-state index contributed by atoms with van der Waals surface area (Å²) in [4.78, 5) is 27.8. The first-order chi connectivity index (χ1) is 9.55. The van der Waals surface area contributed by atoms with Crippen molar-refractivity contribution in [2.75, 3.05) is 46.4 Å². The number of ether oxygens (including phenoxy) is 1. The van der Waals surface area contributed by atoms with Crippen LogP contribution in [-0.2, 0) is 14.3 Å². The number of carbonyl (C=O) groups is 2. The van der Waals surface area contributed by atoms with Gasteiger partial charge in [-0.1, -0.05) is 0 Å². The summed E-state index contributed by atoms with van der Waals surface area (Å²) in [5, 5.41) is 3.37. The van der Waals surface area contributed by atoms with E-state index in [-0.39, 0.29) is 11.9 Å². The van der Waals surface area contributed by atoms with Gasteiger partial charge in [0.15, 0.2) is 0 Å². The third-order valence-corrected chi connectivity index (χ3v) is 4.33. The molecule has 2 fully saturated rings. The highest BCUT2D eigenvalue weighted by atomic mass is 16.5. The average Bonchev–Trinajstić information content (AvgIpc) is 2.48. The lowest BCUT2D eigenvalue weighted by molar-refractivity contribution is -0.144. The van der Waals surface area contributed by atoms with Crippen LogP contribution in [0.5, 0.6) is 0 Å². The molecule has 1 N–H and O–H groups in total. The van der Waals surface area contributed by atoms with E-state index in [2.05, 4.69) is 10.1 Å². The molecule has 1 atom stereocenters. The van der Waals surface area contributed by atoms with E-state index in [4.69, 9.17) is 0 Å². The predicted octanol–water partition coefficient (Wildman–Crippen LogP) is -0.164. The molecule has 1 amide bonds. The summed E-state index contributed by atoms with van der Waals surface area (Å²) < 4.78 is 4.67. The van der Waals surface area contributed by atoms with Crippen molar-refractivity contribution in [1.29, 1.82) is 0 Å². The molecule has 114 valence electrons. The van der Waals surface area contributed by atoms with Gasteiger partial charge < -0.3 is 15.0 Å². The highest BCUT2D eigenvalue weighted by Crippen LogP contribution is 2.22. The molecule has 0 saturated carbocycles. The topological polar surface area (TPSA) is 61.9 Å². The predicted molar refractivity (Wildman–Crippen MR) is 75.3 cm³/mol. The number of hydrogen-bond donors (Lipinski definition) is 1. The second-order valence-corrected chi connectivity index (χ2v) is 5.86. The zero-order chi connectivity index (χ0) is 14.6. The molecule has 2 saturated heterocycles. The van der Waals surface area contributed by atoms with Crippen molar-refractivity contribution < 1.29 is 14.3 Å². The van der Waals surface area contributed by atoms with Gasteiger partial charge >= 0.3 is 5.97 Å². The maximum absolute atomic E-state index is 12.6. The Hall–Kier alpha value is -1.14. The second-order valence-electron chi connectivity index (χ2n) is 5.86. The van der Waals surface area contributed by atoms with Crippen LogP contribution in [0.25, 0.3) is 0 Å². The fourth-order valence-electron chi connectivity index (χ4n) is 2.94. The summed E-state index contributed by atoms with van der Waals surface area (Å²) in [7, 11) is 1.40. The van der Waals surface area contributed by atoms with E-state index >= 15 is 0 Å². The fraction of sp³-hybridized carbons (Fsp3) is 0.857. The van der Waals surface area contributed by atoms with E-state index in [0.717, 1.165) is 38.9 Å². The van der Waals surface area contributed by atoms with Crippen LogP contribution in [0.3, 0.4) is 0 Å². The van der Waals surface area contributed by atoms with Crippen molar-refractivity contribution >= 4 is 11.9 Å². The Bertz CT molecular complexity index is 359.